The molecular formula is C9H13FN2O. The highest BCUT2D eigenvalue weighted by Crippen LogP contribution is 2.05. The summed E-state index contributed by atoms with van der Waals surface area (Å²) in [5.41, 5.74) is -0.282. The molecule has 0 aromatic carbocycles. The highest BCUT2D eigenvalue weighted by molar-refractivity contribution is 5.94. The molecule has 1 rings (SSSR count). The number of aromatic nitrogens is 1. The molecule has 72 valence electrons. The van der Waals surface area contributed by atoms with E-state index in [1.54, 1.807) is 32.3 Å². The number of nitrogens with one attached hydrogen (secondary N) is 2. The maximum atomic E-state index is 12.4. The third-order valence-electron chi connectivity index (χ3n) is 1.65. The van der Waals surface area contributed by atoms with E-state index in [1.165, 1.54) is 0 Å². The van der Waals surface area contributed by atoms with Crippen molar-refractivity contribution in [3.63, 3.8) is 0 Å². The first kappa shape index (κ1) is 9.77. The van der Waals surface area contributed by atoms with Crippen LogP contribution in [0.2, 0.25) is 0 Å². The van der Waals surface area contributed by atoms with Gasteiger partial charge in [-0.15, -0.1) is 0 Å². The lowest BCUT2D eigenvalue weighted by Gasteiger charge is -2.21. The van der Waals surface area contributed by atoms with Gasteiger partial charge in [-0.25, -0.2) is 4.39 Å². The average Bonchev–Trinajstić information content (AvgIpc) is 2.55. The highest BCUT2D eigenvalue weighted by atomic mass is 19.1. The summed E-state index contributed by atoms with van der Waals surface area (Å²) in [4.78, 5) is 14.1. The Labute approximate surface area is 76.3 Å². The Balaban J connectivity index is 2.61. The minimum Gasteiger partial charge on any atom is -0.367 e. The molecule has 0 saturated carbocycles. The molecule has 1 aromatic heterocycles. The molecule has 0 fully saturated rings. The van der Waals surface area contributed by atoms with Crippen LogP contribution >= 0.6 is 0 Å². The molecule has 4 heteroatoms. The predicted octanol–water partition coefficient (Wildman–Crippen LogP) is 1.49. The molecule has 1 amide bonds. The zero-order chi connectivity index (χ0) is 9.90. The molecule has 0 saturated heterocycles. The number of halogens is 1. The molecule has 0 aliphatic carbocycles. The second-order valence-corrected chi connectivity index (χ2v) is 3.57. The van der Waals surface area contributed by atoms with Crippen molar-refractivity contribution in [1.29, 1.82) is 0 Å². The number of hydrogen-bond donors (Lipinski definition) is 2. The van der Waals surface area contributed by atoms with Crippen LogP contribution in [0, 0.1) is 0 Å². The lowest BCUT2D eigenvalue weighted by molar-refractivity contribution is 0.0900. The first-order chi connectivity index (χ1) is 6.05. The molecule has 0 aliphatic heterocycles. The molecule has 0 radical (unpaired) electrons. The van der Waals surface area contributed by atoms with Crippen LogP contribution in [-0.2, 0) is 0 Å². The Bertz CT molecular complexity index is 280. The van der Waals surface area contributed by atoms with Crippen LogP contribution in [0.3, 0.4) is 0 Å². The molecule has 0 unspecified atom stereocenters. The molecule has 1 heterocycles. The van der Waals surface area contributed by atoms with E-state index in [9.17, 15) is 9.18 Å². The van der Waals surface area contributed by atoms with Crippen LogP contribution < -0.4 is 5.32 Å². The van der Waals surface area contributed by atoms with Gasteiger partial charge >= 0.3 is 0 Å². The van der Waals surface area contributed by atoms with E-state index in [-0.39, 0.29) is 5.91 Å². The SMILES string of the molecule is CC(C)(CF)NC(=O)c1cc[nH]c1. The van der Waals surface area contributed by atoms with Crippen molar-refractivity contribution in [2.24, 2.45) is 0 Å². The molecular weight excluding hydrogens is 171 g/mol. The predicted molar refractivity (Wildman–Crippen MR) is 48.3 cm³/mol. The monoisotopic (exact) mass is 184 g/mol. The number of carbonyl (C=O) groups is 1. The van der Waals surface area contributed by atoms with Crippen molar-refractivity contribution < 1.29 is 9.18 Å². The number of rotatable bonds is 3. The molecule has 2 N–H and O–H groups in total. The summed E-state index contributed by atoms with van der Waals surface area (Å²) >= 11 is 0. The number of carbonyl (C=O) groups excluding carboxylic acids is 1. The van der Waals surface area contributed by atoms with Crippen LogP contribution in [0.5, 0.6) is 0 Å². The standard InChI is InChI=1S/C9H13FN2O/c1-9(2,6-10)12-8(13)7-3-4-11-5-7/h3-5,11H,6H2,1-2H3,(H,12,13). The van der Waals surface area contributed by atoms with Gasteiger partial charge < -0.3 is 10.3 Å². The fourth-order valence-corrected chi connectivity index (χ4v) is 0.878. The number of H-pyrrole nitrogens is 1. The van der Waals surface area contributed by atoms with E-state index in [4.69, 9.17) is 0 Å². The van der Waals surface area contributed by atoms with Gasteiger partial charge in [0.2, 0.25) is 0 Å². The Kier molecular flexibility index (Phi) is 2.70. The van der Waals surface area contributed by atoms with Crippen LogP contribution in [0.1, 0.15) is 24.2 Å². The minimum absolute atomic E-state index is 0.260. The van der Waals surface area contributed by atoms with Crippen molar-refractivity contribution >= 4 is 5.91 Å². The van der Waals surface area contributed by atoms with Crippen molar-refractivity contribution in [3.05, 3.63) is 24.0 Å². The van der Waals surface area contributed by atoms with Gasteiger partial charge in [-0.3, -0.25) is 4.79 Å². The van der Waals surface area contributed by atoms with E-state index in [0.717, 1.165) is 0 Å². The third-order valence-corrected chi connectivity index (χ3v) is 1.65. The maximum Gasteiger partial charge on any atom is 0.253 e. The second kappa shape index (κ2) is 3.60. The van der Waals surface area contributed by atoms with E-state index in [0.29, 0.717) is 5.56 Å². The van der Waals surface area contributed by atoms with Crippen molar-refractivity contribution in [3.8, 4) is 0 Å². The van der Waals surface area contributed by atoms with Crippen molar-refractivity contribution in [1.82, 2.24) is 10.3 Å². The number of amides is 1. The summed E-state index contributed by atoms with van der Waals surface area (Å²) in [6.45, 7) is 2.69. The largest absolute Gasteiger partial charge is 0.367 e. The molecule has 0 bridgehead atoms. The van der Waals surface area contributed by atoms with E-state index >= 15 is 0 Å². The van der Waals surface area contributed by atoms with Crippen LogP contribution in [0.25, 0.3) is 0 Å². The zero-order valence-corrected chi connectivity index (χ0v) is 7.73. The van der Waals surface area contributed by atoms with Gasteiger partial charge in [0.1, 0.15) is 6.67 Å². The third kappa shape index (κ3) is 2.57. The van der Waals surface area contributed by atoms with E-state index in [2.05, 4.69) is 10.3 Å². The van der Waals surface area contributed by atoms with Gasteiger partial charge in [0.25, 0.3) is 5.91 Å². The molecule has 13 heavy (non-hydrogen) atoms. The van der Waals surface area contributed by atoms with Crippen molar-refractivity contribution in [2.45, 2.75) is 19.4 Å². The molecule has 0 atom stereocenters. The van der Waals surface area contributed by atoms with Gasteiger partial charge in [-0.2, -0.15) is 0 Å². The summed E-state index contributed by atoms with van der Waals surface area (Å²) in [5, 5.41) is 2.57. The fourth-order valence-electron chi connectivity index (χ4n) is 0.878. The number of alkyl halides is 1. The normalized spacial score (nSPS) is 11.3. The van der Waals surface area contributed by atoms with E-state index < -0.39 is 12.2 Å². The van der Waals surface area contributed by atoms with Gasteiger partial charge in [0.05, 0.1) is 11.1 Å². The van der Waals surface area contributed by atoms with Gasteiger partial charge in [-0.05, 0) is 19.9 Å². The summed E-state index contributed by atoms with van der Waals surface area (Å²) in [6.07, 6.45) is 3.22. The van der Waals surface area contributed by atoms with Gasteiger partial charge in [0, 0.05) is 12.4 Å². The first-order valence-corrected chi connectivity index (χ1v) is 4.06. The molecule has 0 spiro atoms. The Morgan fingerprint density at radius 1 is 1.69 bits per heavy atom. The summed E-state index contributed by atoms with van der Waals surface area (Å²) in [7, 11) is 0. The van der Waals surface area contributed by atoms with Crippen LogP contribution in [0.15, 0.2) is 18.5 Å². The first-order valence-electron chi connectivity index (χ1n) is 4.06. The van der Waals surface area contributed by atoms with Gasteiger partial charge in [0.15, 0.2) is 0 Å². The summed E-state index contributed by atoms with van der Waals surface area (Å²) in [5.74, 6) is -0.260. The highest BCUT2D eigenvalue weighted by Gasteiger charge is 2.20. The average molecular weight is 184 g/mol. The summed E-state index contributed by atoms with van der Waals surface area (Å²) in [6, 6.07) is 1.64. The fraction of sp³-hybridized carbons (Fsp3) is 0.444. The van der Waals surface area contributed by atoms with Crippen molar-refractivity contribution in [2.75, 3.05) is 6.67 Å². The summed E-state index contributed by atoms with van der Waals surface area (Å²) < 4.78 is 12.4. The second-order valence-electron chi connectivity index (χ2n) is 3.57. The maximum absolute atomic E-state index is 12.4. The Morgan fingerprint density at radius 2 is 2.38 bits per heavy atom. The Morgan fingerprint density at radius 3 is 2.85 bits per heavy atom. The smallest absolute Gasteiger partial charge is 0.253 e. The van der Waals surface area contributed by atoms with Crippen LogP contribution in [0.4, 0.5) is 4.39 Å². The molecule has 1 aromatic rings. The van der Waals surface area contributed by atoms with Gasteiger partial charge in [-0.1, -0.05) is 0 Å². The van der Waals surface area contributed by atoms with Crippen LogP contribution in [-0.4, -0.2) is 23.1 Å². The Hall–Kier alpha value is -1.32. The lowest BCUT2D eigenvalue weighted by Crippen LogP contribution is -2.45. The topological polar surface area (TPSA) is 44.9 Å². The quantitative estimate of drug-likeness (QED) is 0.734. The zero-order valence-electron chi connectivity index (χ0n) is 7.73. The number of aromatic amines is 1. The molecule has 3 nitrogen and oxygen atoms in total. The minimum atomic E-state index is -0.797. The molecule has 0 aliphatic rings. The lowest BCUT2D eigenvalue weighted by atomic mass is 10.1. The number of hydrogen-bond acceptors (Lipinski definition) is 1. The van der Waals surface area contributed by atoms with E-state index in [1.807, 2.05) is 0 Å².